The van der Waals surface area contributed by atoms with Crippen LogP contribution in [0.15, 0.2) is 42.0 Å². The number of fused-ring (bicyclic) bond motifs is 1. The van der Waals surface area contributed by atoms with E-state index in [-0.39, 0.29) is 37.6 Å². The summed E-state index contributed by atoms with van der Waals surface area (Å²) in [4.78, 5) is 29.3. The summed E-state index contributed by atoms with van der Waals surface area (Å²) in [6.07, 6.45) is 1.93. The number of nitrogens with one attached hydrogen (secondary N) is 1. The van der Waals surface area contributed by atoms with Gasteiger partial charge in [-0.1, -0.05) is 72.6 Å². The van der Waals surface area contributed by atoms with E-state index in [1.807, 2.05) is 71.9 Å². The van der Waals surface area contributed by atoms with Gasteiger partial charge in [0.2, 0.25) is 0 Å². The number of esters is 1. The number of aromatic nitrogens is 1. The van der Waals surface area contributed by atoms with Gasteiger partial charge in [0.15, 0.2) is 5.60 Å². The average molecular weight is 520 g/mol. The predicted octanol–water partition coefficient (Wildman–Crippen LogP) is 5.58. The Balaban J connectivity index is 0. The van der Waals surface area contributed by atoms with Crippen molar-refractivity contribution in [1.82, 2.24) is 10.3 Å². The molecule has 0 saturated carbocycles. The van der Waals surface area contributed by atoms with E-state index in [1.165, 1.54) is 7.11 Å². The van der Waals surface area contributed by atoms with Gasteiger partial charge in [0.05, 0.1) is 11.1 Å². The van der Waals surface area contributed by atoms with E-state index in [4.69, 9.17) is 9.47 Å². The number of pyridine rings is 1. The number of hydrogen-bond acceptors (Lipinski definition) is 5. The maximum absolute atomic E-state index is 12.6. The Kier molecular flexibility index (Phi) is 18.5. The Morgan fingerprint density at radius 1 is 1.17 bits per heavy atom. The fraction of sp³-hybridized carbons (Fsp3) is 0.464. The van der Waals surface area contributed by atoms with Crippen LogP contribution in [0, 0.1) is 11.8 Å². The molecule has 7 heteroatoms. The molecule has 6 nitrogen and oxygen atoms in total. The summed E-state index contributed by atoms with van der Waals surface area (Å²) in [5.41, 5.74) is 1.45. The van der Waals surface area contributed by atoms with Crippen LogP contribution >= 0.6 is 0 Å². The molecule has 0 saturated heterocycles. The summed E-state index contributed by atoms with van der Waals surface area (Å²) in [7, 11) is 1.43. The molecular formula is C28H40N2O4V. The first-order valence-corrected chi connectivity index (χ1v) is 12.1. The minimum atomic E-state index is -1.21. The van der Waals surface area contributed by atoms with Crippen molar-refractivity contribution in [2.45, 2.75) is 74.0 Å². The van der Waals surface area contributed by atoms with E-state index in [0.717, 1.165) is 16.5 Å². The number of hydrogen-bond donors (Lipinski definition) is 1. The molecule has 1 radical (unpaired) electrons. The van der Waals surface area contributed by atoms with Crippen LogP contribution in [-0.4, -0.2) is 36.2 Å². The van der Waals surface area contributed by atoms with Gasteiger partial charge in [-0.3, -0.25) is 4.79 Å². The summed E-state index contributed by atoms with van der Waals surface area (Å²) in [5, 5.41) is 3.85. The topological polar surface area (TPSA) is 77.5 Å². The number of benzene rings is 1. The van der Waals surface area contributed by atoms with E-state index in [9.17, 15) is 9.59 Å². The van der Waals surface area contributed by atoms with Crippen molar-refractivity contribution in [2.24, 2.45) is 0 Å². The first kappa shape index (κ1) is 34.6. The van der Waals surface area contributed by atoms with Crippen LogP contribution < -0.4 is 5.32 Å². The molecule has 191 valence electrons. The molecule has 0 fully saturated rings. The molecule has 1 amide bonds. The van der Waals surface area contributed by atoms with Gasteiger partial charge in [-0.2, -0.15) is 0 Å². The van der Waals surface area contributed by atoms with E-state index < -0.39 is 11.6 Å². The van der Waals surface area contributed by atoms with Gasteiger partial charge in [-0.25, -0.2) is 9.78 Å². The molecule has 1 aromatic heterocycles. The van der Waals surface area contributed by atoms with Crippen molar-refractivity contribution < 1.29 is 37.6 Å². The molecular weight excluding hydrogens is 479 g/mol. The number of ether oxygens (including phenoxy) is 2. The summed E-state index contributed by atoms with van der Waals surface area (Å²) >= 11 is 0. The van der Waals surface area contributed by atoms with Gasteiger partial charge in [0, 0.05) is 43.2 Å². The molecule has 1 aliphatic rings. The van der Waals surface area contributed by atoms with Gasteiger partial charge in [-0.15, -0.1) is 0 Å². The number of amides is 1. The Bertz CT molecular complexity index is 1020. The number of carbonyl (C=O) groups is 2. The quantitative estimate of drug-likeness (QED) is 0.412. The largest absolute Gasteiger partial charge is 0.458 e. The fourth-order valence-electron chi connectivity index (χ4n) is 3.12. The number of carbonyl (C=O) groups excluding carboxylic acids is 2. The minimum absolute atomic E-state index is 0. The summed E-state index contributed by atoms with van der Waals surface area (Å²) in [6.45, 7) is 15.7. The Morgan fingerprint density at radius 3 is 2.37 bits per heavy atom. The van der Waals surface area contributed by atoms with Crippen LogP contribution in [0.5, 0.6) is 0 Å². The van der Waals surface area contributed by atoms with Crippen molar-refractivity contribution in [3.05, 3.63) is 53.2 Å². The summed E-state index contributed by atoms with van der Waals surface area (Å²) in [6, 6.07) is 9.73. The third kappa shape index (κ3) is 9.18. The van der Waals surface area contributed by atoms with Gasteiger partial charge in [0.1, 0.15) is 12.3 Å². The third-order valence-corrected chi connectivity index (χ3v) is 4.78. The summed E-state index contributed by atoms with van der Waals surface area (Å²) in [5.74, 6) is 5.06. The smallest absolute Gasteiger partial charge is 0.342 e. The predicted molar refractivity (Wildman–Crippen MR) is 139 cm³/mol. The average Bonchev–Trinajstić information content (AvgIpc) is 2.91. The van der Waals surface area contributed by atoms with Crippen LogP contribution in [0.4, 0.5) is 0 Å². The number of rotatable bonds is 5. The van der Waals surface area contributed by atoms with Gasteiger partial charge in [0.25, 0.3) is 5.91 Å². The first-order chi connectivity index (χ1) is 16.5. The van der Waals surface area contributed by atoms with Crippen molar-refractivity contribution >= 4 is 22.8 Å². The molecule has 3 rings (SSSR count). The zero-order valence-electron chi connectivity index (χ0n) is 22.6. The van der Waals surface area contributed by atoms with Crippen LogP contribution in [0.3, 0.4) is 0 Å². The minimum Gasteiger partial charge on any atom is -0.458 e. The van der Waals surface area contributed by atoms with Crippen LogP contribution in [0.1, 0.15) is 73.1 Å². The first-order valence-electron chi connectivity index (χ1n) is 12.1. The van der Waals surface area contributed by atoms with Crippen LogP contribution in [0.2, 0.25) is 0 Å². The second kappa shape index (κ2) is 18.7. The maximum atomic E-state index is 12.6. The van der Waals surface area contributed by atoms with Gasteiger partial charge < -0.3 is 14.8 Å². The van der Waals surface area contributed by atoms with E-state index in [2.05, 4.69) is 22.1 Å². The second-order valence-corrected chi connectivity index (χ2v) is 6.44. The monoisotopic (exact) mass is 519 g/mol. The van der Waals surface area contributed by atoms with Crippen molar-refractivity contribution in [1.29, 1.82) is 0 Å². The third-order valence-electron chi connectivity index (χ3n) is 4.78. The van der Waals surface area contributed by atoms with Crippen LogP contribution in [-0.2, 0) is 44.2 Å². The molecule has 1 atom stereocenters. The van der Waals surface area contributed by atoms with Gasteiger partial charge in [-0.05, 0) is 37.5 Å². The Morgan fingerprint density at radius 2 is 1.80 bits per heavy atom. The molecule has 1 N–H and O–H groups in total. The number of nitrogens with zero attached hydrogens (tertiary/aromatic N) is 1. The summed E-state index contributed by atoms with van der Waals surface area (Å²) < 4.78 is 10.5. The van der Waals surface area contributed by atoms with E-state index in [1.54, 1.807) is 19.9 Å². The molecule has 0 spiro atoms. The Labute approximate surface area is 223 Å². The molecule has 1 aromatic carbocycles. The molecule has 0 unspecified atom stereocenters. The fourth-order valence-corrected chi connectivity index (χ4v) is 3.12. The molecule has 1 aliphatic heterocycles. The van der Waals surface area contributed by atoms with E-state index >= 15 is 0 Å². The molecule has 2 aromatic rings. The number of methoxy groups -OCH3 is 1. The standard InChI is InChI=1S/C22H22N2O4.3C2H6.V/c1-4-8-18-16(11-15-9-6-7-10-19(15)24-18)13-23-20(25)17-12-22(5-2,27-3)21(26)28-14-17;3*1-2;/h6-7,9-12H,5,13-14H2,1-3H3,(H,23,25);3*1-2H3;/t22-;;;;/m0..../s1. The number of cyclic esters (lactones) is 1. The van der Waals surface area contributed by atoms with Crippen molar-refractivity contribution in [3.63, 3.8) is 0 Å². The SMILES string of the molecule is CC.CC.CC.CC#Cc1nc2ccccc2cc1CNC(=O)C1=C[C@](CC)(OC)C(=O)OC1.[V]. The zero-order valence-corrected chi connectivity index (χ0v) is 24.0. The van der Waals surface area contributed by atoms with Gasteiger partial charge >= 0.3 is 5.97 Å². The number of para-hydroxylation sites is 1. The molecule has 2 heterocycles. The second-order valence-electron chi connectivity index (χ2n) is 6.44. The molecule has 0 aliphatic carbocycles. The molecule has 0 bridgehead atoms. The van der Waals surface area contributed by atoms with Crippen molar-refractivity contribution in [3.8, 4) is 11.8 Å². The van der Waals surface area contributed by atoms with E-state index in [0.29, 0.717) is 17.7 Å². The van der Waals surface area contributed by atoms with Crippen molar-refractivity contribution in [2.75, 3.05) is 13.7 Å². The zero-order chi connectivity index (χ0) is 26.1. The maximum Gasteiger partial charge on any atom is 0.342 e. The molecule has 35 heavy (non-hydrogen) atoms. The Hall–Kier alpha value is -2.59. The normalized spacial score (nSPS) is 15.5. The van der Waals surface area contributed by atoms with Crippen LogP contribution in [0.25, 0.3) is 10.9 Å².